The van der Waals surface area contributed by atoms with Crippen molar-refractivity contribution in [2.45, 2.75) is 38.9 Å². The van der Waals surface area contributed by atoms with Gasteiger partial charge in [-0.3, -0.25) is 0 Å². The maximum Gasteiger partial charge on any atom is 0.106 e. The first-order valence-corrected chi connectivity index (χ1v) is 13.0. The molecule has 0 N–H and O–H groups in total. The molecule has 3 rings (SSSR count). The summed E-state index contributed by atoms with van der Waals surface area (Å²) in [7, 11) is 1.52. The van der Waals surface area contributed by atoms with Crippen molar-refractivity contribution in [3.05, 3.63) is 83.4 Å². The summed E-state index contributed by atoms with van der Waals surface area (Å²) in [6.07, 6.45) is 4.57. The number of hydrogen-bond acceptors (Lipinski definition) is 2. The molecule has 1 aliphatic carbocycles. The van der Waals surface area contributed by atoms with E-state index in [0.717, 1.165) is 0 Å². The topological polar surface area (TPSA) is 20.3 Å². The van der Waals surface area contributed by atoms with Crippen LogP contribution in [0.25, 0.3) is 0 Å². The summed E-state index contributed by atoms with van der Waals surface area (Å²) in [5.41, 5.74) is 0. The molecule has 29 heavy (non-hydrogen) atoms. The molecule has 0 saturated heterocycles. The van der Waals surface area contributed by atoms with Crippen molar-refractivity contribution in [3.8, 4) is 0 Å². The maximum absolute atomic E-state index is 13.9. The van der Waals surface area contributed by atoms with Crippen molar-refractivity contribution < 1.29 is 4.57 Å². The fraction of sp³-hybridized carbons (Fsp3) is 0.360. The van der Waals surface area contributed by atoms with E-state index in [-0.39, 0.29) is 11.1 Å². The zero-order chi connectivity index (χ0) is 21.2. The van der Waals surface area contributed by atoms with Crippen LogP contribution < -0.4 is 10.6 Å². The van der Waals surface area contributed by atoms with Gasteiger partial charge in [-0.1, -0.05) is 93.6 Å². The molecular formula is C25H33NOP2. The quantitative estimate of drug-likeness (QED) is 0.543. The van der Waals surface area contributed by atoms with Crippen molar-refractivity contribution in [1.82, 2.24) is 4.90 Å². The van der Waals surface area contributed by atoms with Gasteiger partial charge in [-0.25, -0.2) is 0 Å². The monoisotopic (exact) mass is 425 g/mol. The number of benzene rings is 2. The third kappa shape index (κ3) is 4.83. The van der Waals surface area contributed by atoms with Crippen LogP contribution in [-0.4, -0.2) is 30.2 Å². The second-order valence-corrected chi connectivity index (χ2v) is 13.9. The normalized spacial score (nSPS) is 19.2. The standard InChI is InChI=1S/C25H33NOP2/c1-19(26(5)6)22-17-18-23(24(22)29(27)25(2,3)4)28(20-13-9-7-10-14-20)21-15-11-8-12-16-21/h7-19,22,29H,1-6H3/t19-,22?/m1/s1. The first kappa shape index (κ1) is 22.2. The number of rotatable bonds is 6. The van der Waals surface area contributed by atoms with Gasteiger partial charge in [-0.2, -0.15) is 0 Å². The molecule has 0 aliphatic heterocycles. The van der Waals surface area contributed by atoms with Gasteiger partial charge in [0.05, 0.1) is 0 Å². The summed E-state index contributed by atoms with van der Waals surface area (Å²) in [4.78, 5) is 2.24. The number of allylic oxidation sites excluding steroid dienone is 2. The molecule has 4 heteroatoms. The van der Waals surface area contributed by atoms with Gasteiger partial charge < -0.3 is 9.46 Å². The molecule has 2 unspecified atom stereocenters. The van der Waals surface area contributed by atoms with Gasteiger partial charge in [0.25, 0.3) is 0 Å². The van der Waals surface area contributed by atoms with Crippen LogP contribution in [0.1, 0.15) is 27.7 Å². The number of nitrogens with zero attached hydrogens (tertiary/aromatic N) is 1. The Bertz CT molecular complexity index is 871. The van der Waals surface area contributed by atoms with E-state index in [2.05, 4.69) is 120 Å². The SMILES string of the molecule is C[C@H](C1C=CC(P(c2ccccc2)c2ccccc2)=C1[PH](=O)C(C)(C)C)N(C)C. The summed E-state index contributed by atoms with van der Waals surface area (Å²) in [6.45, 7) is 8.58. The highest BCUT2D eigenvalue weighted by molar-refractivity contribution is 7.77. The third-order valence-corrected chi connectivity index (χ3v) is 10.8. The predicted molar refractivity (Wildman–Crippen MR) is 131 cm³/mol. The van der Waals surface area contributed by atoms with Crippen molar-refractivity contribution in [2.75, 3.05) is 14.1 Å². The molecule has 0 bridgehead atoms. The molecule has 0 spiro atoms. The Labute approximate surface area is 178 Å². The fourth-order valence-electron chi connectivity index (χ4n) is 3.72. The molecule has 0 fully saturated rings. The molecule has 0 saturated carbocycles. The summed E-state index contributed by atoms with van der Waals surface area (Å²) in [5, 5.41) is 4.87. The Morgan fingerprint density at radius 2 is 1.41 bits per heavy atom. The van der Waals surface area contributed by atoms with Crippen molar-refractivity contribution in [1.29, 1.82) is 0 Å². The Morgan fingerprint density at radius 1 is 0.931 bits per heavy atom. The van der Waals surface area contributed by atoms with Crippen LogP contribution in [0.3, 0.4) is 0 Å². The van der Waals surface area contributed by atoms with Crippen molar-refractivity contribution in [3.63, 3.8) is 0 Å². The highest BCUT2D eigenvalue weighted by Gasteiger charge is 2.37. The van der Waals surface area contributed by atoms with E-state index in [1.165, 1.54) is 21.2 Å². The lowest BCUT2D eigenvalue weighted by Gasteiger charge is -2.32. The summed E-state index contributed by atoms with van der Waals surface area (Å²) in [5.74, 6) is 0.197. The Kier molecular flexibility index (Phi) is 7.00. The Balaban J connectivity index is 2.23. The Morgan fingerprint density at radius 3 is 1.83 bits per heavy atom. The molecule has 2 aromatic rings. The van der Waals surface area contributed by atoms with E-state index in [1.807, 2.05) is 0 Å². The highest BCUT2D eigenvalue weighted by atomic mass is 31.1. The molecule has 2 aromatic carbocycles. The van der Waals surface area contributed by atoms with E-state index >= 15 is 0 Å². The van der Waals surface area contributed by atoms with Gasteiger partial charge in [-0.05, 0) is 44.9 Å². The van der Waals surface area contributed by atoms with Crippen LogP contribution in [0.5, 0.6) is 0 Å². The zero-order valence-corrected chi connectivity index (χ0v) is 20.3. The van der Waals surface area contributed by atoms with Gasteiger partial charge in [0.2, 0.25) is 0 Å². The minimum absolute atomic E-state index is 0.197. The molecule has 0 heterocycles. The first-order chi connectivity index (χ1) is 13.7. The molecule has 0 amide bonds. The predicted octanol–water partition coefficient (Wildman–Crippen LogP) is 5.83. The smallest absolute Gasteiger partial charge is 0.106 e. The van der Waals surface area contributed by atoms with Gasteiger partial charge in [0.15, 0.2) is 0 Å². The Hall–Kier alpha value is -1.46. The molecular weight excluding hydrogens is 392 g/mol. The van der Waals surface area contributed by atoms with Crippen LogP contribution in [-0.2, 0) is 4.57 Å². The van der Waals surface area contributed by atoms with Crippen LogP contribution in [0.4, 0.5) is 0 Å². The van der Waals surface area contributed by atoms with Gasteiger partial charge in [0.1, 0.15) is 7.80 Å². The van der Waals surface area contributed by atoms with Crippen LogP contribution in [0.15, 0.2) is 83.4 Å². The lowest BCUT2D eigenvalue weighted by Crippen LogP contribution is -2.32. The van der Waals surface area contributed by atoms with E-state index in [4.69, 9.17) is 0 Å². The van der Waals surface area contributed by atoms with Crippen LogP contribution in [0, 0.1) is 5.92 Å². The fourth-order valence-corrected chi connectivity index (χ4v) is 8.55. The van der Waals surface area contributed by atoms with Gasteiger partial charge >= 0.3 is 0 Å². The third-order valence-electron chi connectivity index (χ3n) is 5.60. The molecule has 1 aliphatic rings. The maximum atomic E-state index is 13.9. The molecule has 3 atom stereocenters. The van der Waals surface area contributed by atoms with E-state index in [1.54, 1.807) is 0 Å². The molecule has 154 valence electrons. The second-order valence-electron chi connectivity index (χ2n) is 8.97. The second kappa shape index (κ2) is 9.13. The minimum atomic E-state index is -1.96. The minimum Gasteiger partial charge on any atom is -0.322 e. The van der Waals surface area contributed by atoms with Crippen molar-refractivity contribution >= 4 is 26.3 Å². The average Bonchev–Trinajstić information content (AvgIpc) is 3.12. The number of hydrogen-bond donors (Lipinski definition) is 0. The molecule has 0 aromatic heterocycles. The lowest BCUT2D eigenvalue weighted by molar-refractivity contribution is 0.280. The van der Waals surface area contributed by atoms with Gasteiger partial charge in [0, 0.05) is 22.4 Å². The first-order valence-electron chi connectivity index (χ1n) is 10.3. The summed E-state index contributed by atoms with van der Waals surface area (Å²) in [6, 6.07) is 21.7. The highest BCUT2D eigenvalue weighted by Crippen LogP contribution is 2.60. The molecule has 2 nitrogen and oxygen atoms in total. The molecule has 0 radical (unpaired) electrons. The largest absolute Gasteiger partial charge is 0.322 e. The summed E-state index contributed by atoms with van der Waals surface area (Å²) >= 11 is 0. The van der Waals surface area contributed by atoms with E-state index in [0.29, 0.717) is 6.04 Å². The van der Waals surface area contributed by atoms with Crippen LogP contribution in [0.2, 0.25) is 0 Å². The average molecular weight is 425 g/mol. The summed E-state index contributed by atoms with van der Waals surface area (Å²) < 4.78 is 13.9. The van der Waals surface area contributed by atoms with Gasteiger partial charge in [-0.15, -0.1) is 0 Å². The van der Waals surface area contributed by atoms with Crippen LogP contribution >= 0.6 is 15.7 Å². The van der Waals surface area contributed by atoms with E-state index < -0.39 is 15.7 Å². The van der Waals surface area contributed by atoms with E-state index in [9.17, 15) is 4.57 Å². The lowest BCUT2D eigenvalue weighted by atomic mass is 10.0. The zero-order valence-electron chi connectivity index (χ0n) is 18.4. The van der Waals surface area contributed by atoms with Crippen molar-refractivity contribution in [2.24, 2.45) is 5.92 Å².